The summed E-state index contributed by atoms with van der Waals surface area (Å²) in [6.45, 7) is 21.2. The van der Waals surface area contributed by atoms with Gasteiger partial charge >= 0.3 is 0 Å². The van der Waals surface area contributed by atoms with Crippen LogP contribution in [0.4, 0.5) is 0 Å². The lowest BCUT2D eigenvalue weighted by atomic mass is 9.72. The van der Waals surface area contributed by atoms with Gasteiger partial charge in [-0.05, 0) is 62.6 Å². The van der Waals surface area contributed by atoms with Crippen LogP contribution >= 0.6 is 0 Å². The molecule has 1 aliphatic carbocycles. The lowest BCUT2D eigenvalue weighted by molar-refractivity contribution is -0.204. The molecule has 0 aromatic heterocycles. The normalized spacial score (nSPS) is 25.8. The highest BCUT2D eigenvalue weighted by Crippen LogP contribution is 2.47. The zero-order valence-electron chi connectivity index (χ0n) is 24.6. The van der Waals surface area contributed by atoms with Crippen LogP contribution < -0.4 is 0 Å². The van der Waals surface area contributed by atoms with Crippen LogP contribution in [0.2, 0.25) is 18.1 Å². The van der Waals surface area contributed by atoms with Crippen molar-refractivity contribution in [1.29, 1.82) is 0 Å². The molecule has 0 radical (unpaired) electrons. The molecule has 6 heteroatoms. The summed E-state index contributed by atoms with van der Waals surface area (Å²) in [4.78, 5) is 11.1. The van der Waals surface area contributed by atoms with Crippen LogP contribution in [0.3, 0.4) is 0 Å². The second kappa shape index (κ2) is 17.5. The monoisotopic (exact) mass is 516 g/mol. The summed E-state index contributed by atoms with van der Waals surface area (Å²) in [5.74, 6) is 0.601. The minimum absolute atomic E-state index is 0.00690. The predicted octanol–water partition coefficient (Wildman–Crippen LogP) is 7.36. The van der Waals surface area contributed by atoms with Crippen LogP contribution in [0.5, 0.6) is 0 Å². The van der Waals surface area contributed by atoms with E-state index in [1.54, 1.807) is 0 Å². The molecule has 5 atom stereocenters. The summed E-state index contributed by atoms with van der Waals surface area (Å²) in [7, 11) is -2.35. The highest BCUT2D eigenvalue weighted by molar-refractivity contribution is 6.72. The third-order valence-electron chi connectivity index (χ3n) is 8.01. The molecule has 1 aliphatic rings. The Hall–Kier alpha value is 0.0169. The second-order valence-electron chi connectivity index (χ2n) is 11.9. The largest absolute Gasteiger partial charge is 0.432 e. The van der Waals surface area contributed by atoms with Gasteiger partial charge in [0, 0.05) is 32.3 Å². The van der Waals surface area contributed by atoms with Gasteiger partial charge in [0.05, 0.1) is 18.8 Å². The summed E-state index contributed by atoms with van der Waals surface area (Å²) in [5.41, 5.74) is 0. The Kier molecular flexibility index (Phi) is 16.5. The summed E-state index contributed by atoms with van der Waals surface area (Å²) in [6, 6.07) is 0. The first-order valence-corrected chi connectivity index (χ1v) is 17.7. The van der Waals surface area contributed by atoms with Gasteiger partial charge in [0.25, 0.3) is 0 Å². The van der Waals surface area contributed by atoms with E-state index in [4.69, 9.17) is 18.9 Å². The Morgan fingerprint density at radius 2 is 1.11 bits per heavy atom. The smallest absolute Gasteiger partial charge is 0.188 e. The number of hydrogen-bond acceptors (Lipinski definition) is 5. The van der Waals surface area contributed by atoms with Gasteiger partial charge < -0.3 is 23.7 Å². The van der Waals surface area contributed by atoms with Gasteiger partial charge in [0.15, 0.2) is 8.32 Å². The van der Waals surface area contributed by atoms with Crippen molar-refractivity contribution in [3.63, 3.8) is 0 Å². The van der Waals surface area contributed by atoms with E-state index in [0.29, 0.717) is 12.5 Å². The first kappa shape index (κ1) is 33.0. The maximum atomic E-state index is 11.1. The van der Waals surface area contributed by atoms with Crippen molar-refractivity contribution in [2.75, 3.05) is 33.0 Å². The molecule has 0 bridgehead atoms. The molecule has 5 nitrogen and oxygen atoms in total. The molecule has 1 fully saturated rings. The molecule has 35 heavy (non-hydrogen) atoms. The van der Waals surface area contributed by atoms with E-state index >= 15 is 0 Å². The van der Waals surface area contributed by atoms with Crippen LogP contribution in [0.1, 0.15) is 106 Å². The molecular formula is C29H60O5Si. The maximum Gasteiger partial charge on any atom is 0.188 e. The molecule has 0 spiro atoms. The number of rotatable bonds is 20. The van der Waals surface area contributed by atoms with E-state index in [1.165, 1.54) is 0 Å². The molecule has 0 aliphatic heterocycles. The van der Waals surface area contributed by atoms with E-state index in [1.807, 2.05) is 0 Å². The van der Waals surface area contributed by atoms with Gasteiger partial charge in [-0.15, -0.1) is 0 Å². The van der Waals surface area contributed by atoms with Gasteiger partial charge in [-0.25, -0.2) is 0 Å². The summed E-state index contributed by atoms with van der Waals surface area (Å²) in [5, 5.41) is -0.110. The molecule has 1 N–H and O–H groups in total. The molecule has 0 saturated heterocycles. The molecular weight excluding hydrogens is 456 g/mol. The number of unbranched alkanes of at least 4 members (excludes halogenated alkanes) is 4. The minimum Gasteiger partial charge on any atom is -0.432 e. The SMILES string of the molecule is CCCCOC[C@H]1C[C@@H](CC(C)(C)[Si](C)(C)O)[C@H](OCCCC)[C@@H](OCCCC)[C@@H]1OCCCC. The Balaban J connectivity index is 3.27. The van der Waals surface area contributed by atoms with Crippen LogP contribution in [0.25, 0.3) is 0 Å². The van der Waals surface area contributed by atoms with Crippen molar-refractivity contribution in [2.45, 2.75) is 142 Å². The van der Waals surface area contributed by atoms with Crippen molar-refractivity contribution in [3.05, 3.63) is 0 Å². The molecule has 0 aromatic rings. The van der Waals surface area contributed by atoms with Crippen molar-refractivity contribution < 1.29 is 23.7 Å². The van der Waals surface area contributed by atoms with Crippen molar-refractivity contribution >= 4 is 8.32 Å². The standard InChI is InChI=1S/C29H60O5Si/c1-9-13-17-31-23-25-21-24(22-29(5,6)35(7,8)30)26(32-18-14-10-2)28(34-20-16-12-4)27(25)33-19-15-11-3/h24-28,30H,9-23H2,1-8H3/t24-,25+,26-,27+,28+/m0/s1. The summed E-state index contributed by atoms with van der Waals surface area (Å²) < 4.78 is 26.1. The van der Waals surface area contributed by atoms with Crippen LogP contribution in [-0.4, -0.2) is 64.5 Å². The molecule has 0 aromatic carbocycles. The predicted molar refractivity (Wildman–Crippen MR) is 150 cm³/mol. The Morgan fingerprint density at radius 1 is 0.686 bits per heavy atom. The molecule has 1 rings (SSSR count). The first-order chi connectivity index (χ1) is 16.6. The maximum absolute atomic E-state index is 11.1. The van der Waals surface area contributed by atoms with Gasteiger partial charge in [-0.1, -0.05) is 67.2 Å². The van der Waals surface area contributed by atoms with E-state index < -0.39 is 8.32 Å². The van der Waals surface area contributed by atoms with E-state index in [2.05, 4.69) is 54.6 Å². The van der Waals surface area contributed by atoms with Gasteiger partial charge in [0.2, 0.25) is 0 Å². The van der Waals surface area contributed by atoms with Crippen molar-refractivity contribution in [2.24, 2.45) is 11.8 Å². The van der Waals surface area contributed by atoms with Gasteiger partial charge in [-0.2, -0.15) is 0 Å². The topological polar surface area (TPSA) is 57.2 Å². The lowest BCUT2D eigenvalue weighted by Gasteiger charge is -2.49. The summed E-state index contributed by atoms with van der Waals surface area (Å²) >= 11 is 0. The molecule has 0 amide bonds. The zero-order chi connectivity index (χ0) is 26.3. The fourth-order valence-electron chi connectivity index (χ4n) is 4.87. The average molecular weight is 517 g/mol. The number of hydrogen-bond donors (Lipinski definition) is 1. The van der Waals surface area contributed by atoms with Crippen LogP contribution in [-0.2, 0) is 18.9 Å². The lowest BCUT2D eigenvalue weighted by Crippen LogP contribution is -2.57. The van der Waals surface area contributed by atoms with Gasteiger partial charge in [0.1, 0.15) is 6.10 Å². The number of ether oxygens (including phenoxy) is 4. The Morgan fingerprint density at radius 3 is 1.57 bits per heavy atom. The van der Waals surface area contributed by atoms with Crippen LogP contribution in [0, 0.1) is 11.8 Å². The highest BCUT2D eigenvalue weighted by atomic mass is 28.4. The summed E-state index contributed by atoms with van der Waals surface area (Å²) in [6.07, 6.45) is 10.6. The van der Waals surface area contributed by atoms with E-state index in [0.717, 1.165) is 90.6 Å². The average Bonchev–Trinajstić information content (AvgIpc) is 2.79. The van der Waals surface area contributed by atoms with E-state index in [9.17, 15) is 4.80 Å². The van der Waals surface area contributed by atoms with E-state index in [-0.39, 0.29) is 29.3 Å². The minimum atomic E-state index is -2.35. The van der Waals surface area contributed by atoms with Gasteiger partial charge in [-0.3, -0.25) is 0 Å². The van der Waals surface area contributed by atoms with Crippen molar-refractivity contribution in [1.82, 2.24) is 0 Å². The zero-order valence-corrected chi connectivity index (χ0v) is 25.6. The first-order valence-electron chi connectivity index (χ1n) is 14.8. The third-order valence-corrected chi connectivity index (χ3v) is 11.5. The fraction of sp³-hybridized carbons (Fsp3) is 1.00. The third kappa shape index (κ3) is 11.5. The fourth-order valence-corrected chi connectivity index (χ4v) is 5.63. The quantitative estimate of drug-likeness (QED) is 0.135. The molecule has 0 heterocycles. The highest BCUT2D eigenvalue weighted by Gasteiger charge is 2.50. The Bertz CT molecular complexity index is 522. The molecule has 0 unspecified atom stereocenters. The second-order valence-corrected chi connectivity index (χ2v) is 16.4. The van der Waals surface area contributed by atoms with Crippen molar-refractivity contribution in [3.8, 4) is 0 Å². The molecule has 1 saturated carbocycles. The molecule has 210 valence electrons. The Labute approximate surface area is 219 Å². The van der Waals surface area contributed by atoms with Crippen LogP contribution in [0.15, 0.2) is 0 Å².